The Bertz CT molecular complexity index is 852. The van der Waals surface area contributed by atoms with Crippen molar-refractivity contribution in [3.8, 4) is 17.1 Å². The van der Waals surface area contributed by atoms with E-state index in [1.165, 1.54) is 0 Å². The highest BCUT2D eigenvalue weighted by Gasteiger charge is 2.36. The van der Waals surface area contributed by atoms with Crippen molar-refractivity contribution in [2.24, 2.45) is 0 Å². The second-order valence-corrected chi connectivity index (χ2v) is 6.16. The van der Waals surface area contributed by atoms with Crippen molar-refractivity contribution in [1.29, 1.82) is 0 Å². The van der Waals surface area contributed by atoms with Gasteiger partial charge in [0.1, 0.15) is 5.75 Å². The zero-order valence-corrected chi connectivity index (χ0v) is 13.5. The zero-order valence-electron chi connectivity index (χ0n) is 13.5. The fourth-order valence-corrected chi connectivity index (χ4v) is 3.16. The van der Waals surface area contributed by atoms with Gasteiger partial charge < -0.3 is 14.7 Å². The minimum atomic E-state index is -0.466. The Labute approximate surface area is 144 Å². The quantitative estimate of drug-likeness (QED) is 0.752. The van der Waals surface area contributed by atoms with Gasteiger partial charge in [0.05, 0.1) is 12.1 Å². The van der Waals surface area contributed by atoms with E-state index in [1.54, 1.807) is 24.5 Å². The third-order valence-electron chi connectivity index (χ3n) is 4.41. The van der Waals surface area contributed by atoms with Gasteiger partial charge in [0, 0.05) is 36.6 Å². The van der Waals surface area contributed by atoms with Gasteiger partial charge in [-0.3, -0.25) is 9.88 Å². The molecule has 1 aromatic carbocycles. The molecule has 1 saturated heterocycles. The van der Waals surface area contributed by atoms with E-state index >= 15 is 0 Å². The third-order valence-corrected chi connectivity index (χ3v) is 4.41. The molecular formula is C18H18N4O3. The Morgan fingerprint density at radius 1 is 1.16 bits per heavy atom. The van der Waals surface area contributed by atoms with E-state index < -0.39 is 6.10 Å². The molecule has 0 unspecified atom stereocenters. The van der Waals surface area contributed by atoms with Gasteiger partial charge in [-0.05, 0) is 24.6 Å². The topological polar surface area (TPSA) is 95.5 Å². The number of phenols is 1. The number of benzene rings is 1. The molecule has 128 valence electrons. The van der Waals surface area contributed by atoms with Crippen molar-refractivity contribution in [2.45, 2.75) is 25.1 Å². The molecule has 2 atom stereocenters. The summed E-state index contributed by atoms with van der Waals surface area (Å²) in [7, 11) is 0. The molecule has 1 fully saturated rings. The summed E-state index contributed by atoms with van der Waals surface area (Å²) in [6.07, 6.45) is 3.41. The van der Waals surface area contributed by atoms with Crippen LogP contribution in [0.5, 0.6) is 5.75 Å². The van der Waals surface area contributed by atoms with Crippen LogP contribution in [0.1, 0.15) is 23.9 Å². The summed E-state index contributed by atoms with van der Waals surface area (Å²) in [5.74, 6) is 1.21. The van der Waals surface area contributed by atoms with Crippen molar-refractivity contribution in [2.75, 3.05) is 6.54 Å². The Kier molecular flexibility index (Phi) is 4.17. The molecule has 1 aliphatic rings. The van der Waals surface area contributed by atoms with E-state index in [9.17, 15) is 10.2 Å². The number of rotatable bonds is 4. The number of aromatic hydroxyl groups is 1. The molecule has 2 aromatic heterocycles. The minimum Gasteiger partial charge on any atom is -0.508 e. The van der Waals surface area contributed by atoms with Crippen LogP contribution in [0, 0.1) is 0 Å². The molecule has 0 bridgehead atoms. The molecule has 0 radical (unpaired) electrons. The molecule has 25 heavy (non-hydrogen) atoms. The van der Waals surface area contributed by atoms with Crippen LogP contribution in [0.15, 0.2) is 53.3 Å². The molecule has 3 heterocycles. The van der Waals surface area contributed by atoms with Gasteiger partial charge in [-0.15, -0.1) is 0 Å². The third kappa shape index (κ3) is 3.24. The molecular weight excluding hydrogens is 320 g/mol. The Morgan fingerprint density at radius 3 is 2.76 bits per heavy atom. The van der Waals surface area contributed by atoms with Crippen molar-refractivity contribution < 1.29 is 14.7 Å². The van der Waals surface area contributed by atoms with Gasteiger partial charge in [-0.1, -0.05) is 23.4 Å². The first-order valence-corrected chi connectivity index (χ1v) is 8.13. The SMILES string of the molecule is Oc1ccccc1CN1C[C@H](O)C[C@H]1c1nc(-c2ccncc2)no1. The number of para-hydroxylation sites is 1. The van der Waals surface area contributed by atoms with Gasteiger partial charge in [0.2, 0.25) is 11.7 Å². The smallest absolute Gasteiger partial charge is 0.244 e. The maximum atomic E-state index is 10.1. The summed E-state index contributed by atoms with van der Waals surface area (Å²) >= 11 is 0. The summed E-state index contributed by atoms with van der Waals surface area (Å²) in [6, 6.07) is 10.6. The standard InChI is InChI=1S/C18H18N4O3/c23-14-9-15(22(11-14)10-13-3-1-2-4-16(13)24)18-20-17(21-25-18)12-5-7-19-8-6-12/h1-8,14-15,23-24H,9-11H2/t14-,15+/m1/s1. The Morgan fingerprint density at radius 2 is 1.96 bits per heavy atom. The van der Waals surface area contributed by atoms with Crippen LogP contribution in [0.2, 0.25) is 0 Å². The largest absolute Gasteiger partial charge is 0.508 e. The summed E-state index contributed by atoms with van der Waals surface area (Å²) in [4.78, 5) is 10.5. The number of phenolic OH excluding ortho intramolecular Hbond substituents is 1. The van der Waals surface area contributed by atoms with Gasteiger partial charge in [-0.2, -0.15) is 4.98 Å². The number of aliphatic hydroxyl groups excluding tert-OH is 1. The maximum absolute atomic E-state index is 10.1. The predicted molar refractivity (Wildman–Crippen MR) is 89.4 cm³/mol. The van der Waals surface area contributed by atoms with Gasteiger partial charge >= 0.3 is 0 Å². The lowest BCUT2D eigenvalue weighted by atomic mass is 10.1. The monoisotopic (exact) mass is 338 g/mol. The summed E-state index contributed by atoms with van der Waals surface area (Å²) in [5, 5.41) is 24.1. The second kappa shape index (κ2) is 6.62. The van der Waals surface area contributed by atoms with Gasteiger partial charge in [0.25, 0.3) is 0 Å². The second-order valence-electron chi connectivity index (χ2n) is 6.16. The van der Waals surface area contributed by atoms with Crippen molar-refractivity contribution in [3.05, 3.63) is 60.2 Å². The number of aromatic nitrogens is 3. The molecule has 0 aliphatic carbocycles. The highest BCUT2D eigenvalue weighted by molar-refractivity contribution is 5.52. The number of hydrogen-bond acceptors (Lipinski definition) is 7. The van der Waals surface area contributed by atoms with Gasteiger partial charge in [-0.25, -0.2) is 0 Å². The molecule has 0 saturated carbocycles. The summed E-state index contributed by atoms with van der Waals surface area (Å²) in [6.45, 7) is 0.993. The van der Waals surface area contributed by atoms with Crippen LogP contribution in [-0.2, 0) is 6.54 Å². The van der Waals surface area contributed by atoms with Crippen LogP contribution < -0.4 is 0 Å². The van der Waals surface area contributed by atoms with Crippen LogP contribution in [-0.4, -0.2) is 42.9 Å². The zero-order chi connectivity index (χ0) is 17.2. The van der Waals surface area contributed by atoms with E-state index in [0.29, 0.717) is 31.2 Å². The number of nitrogens with zero attached hydrogens (tertiary/aromatic N) is 4. The average Bonchev–Trinajstić information content (AvgIpc) is 3.24. The molecule has 3 aromatic rings. The lowest BCUT2D eigenvalue weighted by Gasteiger charge is -2.21. The van der Waals surface area contributed by atoms with E-state index in [0.717, 1.165) is 11.1 Å². The van der Waals surface area contributed by atoms with E-state index in [2.05, 4.69) is 15.1 Å². The molecule has 4 rings (SSSR count). The van der Waals surface area contributed by atoms with Gasteiger partial charge in [0.15, 0.2) is 0 Å². The van der Waals surface area contributed by atoms with E-state index in [-0.39, 0.29) is 11.8 Å². The minimum absolute atomic E-state index is 0.183. The number of aliphatic hydroxyl groups is 1. The average molecular weight is 338 g/mol. The maximum Gasteiger partial charge on any atom is 0.244 e. The predicted octanol–water partition coefficient (Wildman–Crippen LogP) is 2.15. The highest BCUT2D eigenvalue weighted by atomic mass is 16.5. The molecule has 7 heteroatoms. The van der Waals surface area contributed by atoms with Crippen molar-refractivity contribution >= 4 is 0 Å². The fourth-order valence-electron chi connectivity index (χ4n) is 3.16. The normalized spacial score (nSPS) is 20.8. The van der Waals surface area contributed by atoms with Crippen LogP contribution in [0.3, 0.4) is 0 Å². The number of pyridine rings is 1. The highest BCUT2D eigenvalue weighted by Crippen LogP contribution is 2.34. The van der Waals surface area contributed by atoms with E-state index in [1.807, 2.05) is 29.2 Å². The molecule has 2 N–H and O–H groups in total. The number of likely N-dealkylation sites (tertiary alicyclic amines) is 1. The van der Waals surface area contributed by atoms with Crippen molar-refractivity contribution in [3.63, 3.8) is 0 Å². The molecule has 0 spiro atoms. The van der Waals surface area contributed by atoms with Crippen LogP contribution in [0.25, 0.3) is 11.4 Å². The molecule has 7 nitrogen and oxygen atoms in total. The first kappa shape index (κ1) is 15.7. The lowest BCUT2D eigenvalue weighted by Crippen LogP contribution is -2.24. The van der Waals surface area contributed by atoms with Crippen LogP contribution >= 0.6 is 0 Å². The Hall–Kier alpha value is -2.77. The molecule has 1 aliphatic heterocycles. The fraction of sp³-hybridized carbons (Fsp3) is 0.278. The molecule has 0 amide bonds. The Balaban J connectivity index is 1.58. The summed E-state index contributed by atoms with van der Waals surface area (Å²) in [5.41, 5.74) is 1.63. The summed E-state index contributed by atoms with van der Waals surface area (Å²) < 4.78 is 5.45. The van der Waals surface area contributed by atoms with Crippen LogP contribution in [0.4, 0.5) is 0 Å². The first-order valence-electron chi connectivity index (χ1n) is 8.13. The number of β-amino-alcohol motifs (C(OH)–C–C–N with tert-alkyl or cyclic N) is 1. The first-order chi connectivity index (χ1) is 12.2. The van der Waals surface area contributed by atoms with Crippen molar-refractivity contribution in [1.82, 2.24) is 20.0 Å². The lowest BCUT2D eigenvalue weighted by molar-refractivity contribution is 0.168. The number of hydrogen-bond donors (Lipinski definition) is 2. The van der Waals surface area contributed by atoms with E-state index in [4.69, 9.17) is 4.52 Å².